The molecule has 3 heterocycles. The first-order valence-electron chi connectivity index (χ1n) is 12.4. The first-order chi connectivity index (χ1) is 15.4. The van der Waals surface area contributed by atoms with Gasteiger partial charge in [0.2, 0.25) is 0 Å². The molecular weight excluding hydrogens is 404 g/mol. The van der Waals surface area contributed by atoms with Crippen molar-refractivity contribution in [2.24, 2.45) is 23.2 Å². The zero-order chi connectivity index (χ0) is 22.1. The molecule has 2 saturated carbocycles. The van der Waals surface area contributed by atoms with E-state index >= 15 is 0 Å². The highest BCUT2D eigenvalue weighted by molar-refractivity contribution is 5.76. The number of hydrogen-bond acceptors (Lipinski definition) is 6. The van der Waals surface area contributed by atoms with Crippen molar-refractivity contribution in [2.45, 2.75) is 57.3 Å². The van der Waals surface area contributed by atoms with Gasteiger partial charge in [-0.2, -0.15) is 0 Å². The standard InChI is InChI=1S/C26H36N2O4/c1-17-5-4-10-25(2)15-21-22(23-26(17,25)32-23)20(24(29)31-21)16-27-11-13-28(14-12-27)18-6-8-19(30-3)9-7-18/h6-9,17,20-23H,4-5,10-16H2,1-3H3. The lowest BCUT2D eigenvalue weighted by atomic mass is 9.53. The molecule has 7 unspecified atom stereocenters. The number of ether oxygens (including phenoxy) is 3. The number of rotatable bonds is 4. The fourth-order valence-electron chi connectivity index (χ4n) is 7.70. The van der Waals surface area contributed by atoms with Crippen LogP contribution in [-0.4, -0.2) is 68.5 Å². The molecule has 1 aromatic rings. The molecule has 32 heavy (non-hydrogen) atoms. The van der Waals surface area contributed by atoms with E-state index in [9.17, 15) is 4.79 Å². The maximum absolute atomic E-state index is 13.0. The monoisotopic (exact) mass is 440 g/mol. The molecular formula is C26H36N2O4. The van der Waals surface area contributed by atoms with Crippen molar-refractivity contribution < 1.29 is 19.0 Å². The van der Waals surface area contributed by atoms with Crippen LogP contribution in [0.3, 0.4) is 0 Å². The largest absolute Gasteiger partial charge is 0.497 e. The van der Waals surface area contributed by atoms with Crippen molar-refractivity contribution >= 4 is 11.7 Å². The van der Waals surface area contributed by atoms with E-state index in [0.29, 0.717) is 5.92 Å². The summed E-state index contributed by atoms with van der Waals surface area (Å²) in [4.78, 5) is 17.9. The van der Waals surface area contributed by atoms with Gasteiger partial charge in [0.15, 0.2) is 0 Å². The highest BCUT2D eigenvalue weighted by Gasteiger charge is 2.78. The van der Waals surface area contributed by atoms with E-state index in [2.05, 4.69) is 35.8 Å². The summed E-state index contributed by atoms with van der Waals surface area (Å²) in [6.07, 6.45) is 4.94. The fraction of sp³-hybridized carbons (Fsp3) is 0.731. The zero-order valence-corrected chi connectivity index (χ0v) is 19.6. The number of methoxy groups -OCH3 is 1. The van der Waals surface area contributed by atoms with Gasteiger partial charge in [-0.15, -0.1) is 0 Å². The van der Waals surface area contributed by atoms with Crippen LogP contribution < -0.4 is 9.64 Å². The maximum Gasteiger partial charge on any atom is 0.311 e. The topological polar surface area (TPSA) is 54.5 Å². The Morgan fingerprint density at radius 2 is 1.91 bits per heavy atom. The summed E-state index contributed by atoms with van der Waals surface area (Å²) in [5, 5.41) is 0. The molecule has 5 fully saturated rings. The van der Waals surface area contributed by atoms with Gasteiger partial charge in [-0.3, -0.25) is 9.69 Å². The first-order valence-corrected chi connectivity index (χ1v) is 12.4. The Hall–Kier alpha value is -1.79. The third kappa shape index (κ3) is 2.95. The predicted octanol–water partition coefficient (Wildman–Crippen LogP) is 3.34. The molecule has 0 aromatic heterocycles. The van der Waals surface area contributed by atoms with Crippen LogP contribution in [0.5, 0.6) is 5.75 Å². The highest BCUT2D eigenvalue weighted by atomic mass is 16.6. The van der Waals surface area contributed by atoms with Crippen LogP contribution >= 0.6 is 0 Å². The third-order valence-electron chi connectivity index (χ3n) is 9.46. The maximum atomic E-state index is 13.0. The Bertz CT molecular complexity index is 882. The molecule has 5 aliphatic rings. The average Bonchev–Trinajstić information content (AvgIpc) is 3.49. The molecule has 3 saturated heterocycles. The predicted molar refractivity (Wildman–Crippen MR) is 122 cm³/mol. The van der Waals surface area contributed by atoms with Crippen molar-refractivity contribution in [3.8, 4) is 5.75 Å². The minimum absolute atomic E-state index is 0.00822. The molecule has 6 nitrogen and oxygen atoms in total. The van der Waals surface area contributed by atoms with Gasteiger partial charge in [0.1, 0.15) is 17.5 Å². The van der Waals surface area contributed by atoms with E-state index in [4.69, 9.17) is 14.2 Å². The normalized spacial score (nSPS) is 43.2. The van der Waals surface area contributed by atoms with Gasteiger partial charge in [0.25, 0.3) is 0 Å². The molecule has 2 aliphatic carbocycles. The minimum atomic E-state index is -0.0458. The second-order valence-electron chi connectivity index (χ2n) is 11.0. The molecule has 0 radical (unpaired) electrons. The Morgan fingerprint density at radius 1 is 1.16 bits per heavy atom. The van der Waals surface area contributed by atoms with Crippen molar-refractivity contribution in [3.05, 3.63) is 24.3 Å². The Balaban J connectivity index is 1.12. The first kappa shape index (κ1) is 20.8. The van der Waals surface area contributed by atoms with E-state index in [0.717, 1.165) is 44.9 Å². The second kappa shape index (κ2) is 7.36. The van der Waals surface area contributed by atoms with Gasteiger partial charge in [0, 0.05) is 49.7 Å². The van der Waals surface area contributed by atoms with Crippen molar-refractivity contribution in [1.82, 2.24) is 4.90 Å². The minimum Gasteiger partial charge on any atom is -0.497 e. The van der Waals surface area contributed by atoms with Crippen LogP contribution in [0.4, 0.5) is 5.69 Å². The lowest BCUT2D eigenvalue weighted by Crippen LogP contribution is -2.55. The lowest BCUT2D eigenvalue weighted by molar-refractivity contribution is -0.146. The molecule has 1 spiro atoms. The van der Waals surface area contributed by atoms with Crippen LogP contribution in [0.25, 0.3) is 0 Å². The Morgan fingerprint density at radius 3 is 2.62 bits per heavy atom. The van der Waals surface area contributed by atoms with E-state index in [-0.39, 0.29) is 41.0 Å². The van der Waals surface area contributed by atoms with Crippen molar-refractivity contribution in [1.29, 1.82) is 0 Å². The number of benzene rings is 1. The smallest absolute Gasteiger partial charge is 0.311 e. The van der Waals surface area contributed by atoms with E-state index in [1.54, 1.807) is 7.11 Å². The number of carbonyl (C=O) groups excluding carboxylic acids is 1. The summed E-state index contributed by atoms with van der Waals surface area (Å²) < 4.78 is 17.9. The second-order valence-corrected chi connectivity index (χ2v) is 11.0. The number of nitrogens with zero attached hydrogens (tertiary/aromatic N) is 2. The summed E-state index contributed by atoms with van der Waals surface area (Å²) in [7, 11) is 1.70. The summed E-state index contributed by atoms with van der Waals surface area (Å²) in [6.45, 7) is 9.44. The number of anilines is 1. The summed E-state index contributed by atoms with van der Waals surface area (Å²) in [5.74, 6) is 1.67. The summed E-state index contributed by atoms with van der Waals surface area (Å²) in [5.41, 5.74) is 1.39. The van der Waals surface area contributed by atoms with Gasteiger partial charge in [-0.1, -0.05) is 20.3 Å². The Labute approximate surface area is 191 Å². The van der Waals surface area contributed by atoms with Gasteiger partial charge in [0.05, 0.1) is 19.1 Å². The van der Waals surface area contributed by atoms with E-state index < -0.39 is 0 Å². The number of piperazine rings is 1. The molecule has 3 aliphatic heterocycles. The molecule has 1 aromatic carbocycles. The molecule has 6 rings (SSSR count). The van der Waals surface area contributed by atoms with Gasteiger partial charge in [-0.25, -0.2) is 0 Å². The molecule has 0 amide bonds. The van der Waals surface area contributed by atoms with Crippen LogP contribution in [0.1, 0.15) is 39.5 Å². The number of epoxide rings is 1. The highest BCUT2D eigenvalue weighted by Crippen LogP contribution is 2.70. The number of esters is 1. The van der Waals surface area contributed by atoms with E-state index in [1.807, 2.05) is 12.1 Å². The third-order valence-corrected chi connectivity index (χ3v) is 9.46. The van der Waals surface area contributed by atoms with Gasteiger partial charge in [-0.05, 0) is 49.4 Å². The van der Waals surface area contributed by atoms with Crippen molar-refractivity contribution in [3.63, 3.8) is 0 Å². The summed E-state index contributed by atoms with van der Waals surface area (Å²) >= 11 is 0. The molecule has 6 heteroatoms. The van der Waals surface area contributed by atoms with Crippen LogP contribution in [-0.2, 0) is 14.3 Å². The van der Waals surface area contributed by atoms with Crippen LogP contribution in [0.2, 0.25) is 0 Å². The Kier molecular flexibility index (Phi) is 4.78. The molecule has 0 N–H and O–H groups in total. The van der Waals surface area contributed by atoms with E-state index in [1.165, 1.54) is 24.9 Å². The number of hydrogen-bond donors (Lipinski definition) is 0. The molecule has 7 atom stereocenters. The average molecular weight is 441 g/mol. The lowest BCUT2D eigenvalue weighted by Gasteiger charge is -2.49. The van der Waals surface area contributed by atoms with Crippen LogP contribution in [0.15, 0.2) is 24.3 Å². The van der Waals surface area contributed by atoms with Gasteiger partial charge >= 0.3 is 5.97 Å². The number of fused-ring (bicyclic) bond motifs is 2. The number of carbonyl (C=O) groups is 1. The van der Waals surface area contributed by atoms with Gasteiger partial charge < -0.3 is 19.1 Å². The SMILES string of the molecule is COc1ccc(N2CCN(CC3C(=O)OC4CC5(C)CCCC(C)C56OC6C43)CC2)cc1. The van der Waals surface area contributed by atoms with Crippen molar-refractivity contribution in [2.75, 3.05) is 44.7 Å². The fourth-order valence-corrected chi connectivity index (χ4v) is 7.70. The van der Waals surface area contributed by atoms with Crippen LogP contribution in [0, 0.1) is 23.2 Å². The quantitative estimate of drug-likeness (QED) is 0.529. The molecule has 174 valence electrons. The zero-order valence-electron chi connectivity index (χ0n) is 19.6. The molecule has 0 bridgehead atoms. The summed E-state index contributed by atoms with van der Waals surface area (Å²) in [6, 6.07) is 8.29.